The summed E-state index contributed by atoms with van der Waals surface area (Å²) in [6.07, 6.45) is 42.9. The van der Waals surface area contributed by atoms with Crippen LogP contribution in [-0.2, 0) is 38.1 Å². The highest BCUT2D eigenvalue weighted by molar-refractivity contribution is 5.92. The summed E-state index contributed by atoms with van der Waals surface area (Å²) in [5.41, 5.74) is 3.69. The molecule has 2 saturated carbocycles. The minimum atomic E-state index is -1.09. The molecule has 2 aliphatic carbocycles. The number of ether oxygens (including phenoxy) is 10. The van der Waals surface area contributed by atoms with Crippen molar-refractivity contribution in [1.29, 1.82) is 0 Å². The van der Waals surface area contributed by atoms with Gasteiger partial charge in [-0.25, -0.2) is 14.4 Å². The standard InChI is InChI=1S/C95H134O18/c1-3-5-23-33-74-35-39-76(40-36-74)78-43-55-84(56-44-78)112-94(102)80-47-51-82(52-48-80)104-65-25-15-7-11-19-29-69-108-89(96)61-62-91(98)110-71-31-21-13-9-17-27-67-106-86-59-60-88(87(73-86)93(100)101)107-68-28-18-10-14-22-32-72-111-92(99)64-63-90(97)109-70-30-20-12-8-16-26-66-105-83-53-49-81(50-54-83)95(103)113-85-57-45-79(46-58-85)77-41-37-75(38-42-77)34-24-6-4-2/h43-60,73-77H,3-42,61-72H2,1-2H3,(H,100,101). The molecule has 0 unspecified atom stereocenters. The van der Waals surface area contributed by atoms with Crippen LogP contribution in [0.25, 0.3) is 0 Å². The first kappa shape index (κ1) is 91.8. The van der Waals surface area contributed by atoms with Gasteiger partial charge in [-0.3, -0.25) is 19.2 Å². The number of aromatic carboxylic acids is 1. The fraction of sp³-hybridized carbons (Fsp3) is 0.611. The third-order valence-corrected chi connectivity index (χ3v) is 21.9. The first-order valence-corrected chi connectivity index (χ1v) is 43.7. The van der Waals surface area contributed by atoms with Crippen LogP contribution < -0.4 is 28.4 Å². The van der Waals surface area contributed by atoms with E-state index in [1.807, 2.05) is 24.3 Å². The molecule has 0 bridgehead atoms. The largest absolute Gasteiger partial charge is 0.494 e. The van der Waals surface area contributed by atoms with Crippen molar-refractivity contribution >= 4 is 41.8 Å². The predicted molar refractivity (Wildman–Crippen MR) is 442 cm³/mol. The van der Waals surface area contributed by atoms with E-state index >= 15 is 0 Å². The number of unbranched alkanes of at least 4 members (excludes halogenated alkanes) is 24. The molecule has 1 N–H and O–H groups in total. The molecule has 0 atom stereocenters. The first-order valence-electron chi connectivity index (χ1n) is 43.7. The van der Waals surface area contributed by atoms with Crippen molar-refractivity contribution in [3.63, 3.8) is 0 Å². The Bertz CT molecular complexity index is 3440. The molecule has 0 radical (unpaired) electrons. The van der Waals surface area contributed by atoms with Gasteiger partial charge in [0.05, 0.1) is 89.7 Å². The molecule has 2 fully saturated rings. The molecule has 113 heavy (non-hydrogen) atoms. The maximum atomic E-state index is 12.9. The molecule has 5 aromatic rings. The number of hydrogen-bond donors (Lipinski definition) is 1. The number of hydrogen-bond acceptors (Lipinski definition) is 17. The number of carboxylic acids is 1. The summed E-state index contributed by atoms with van der Waals surface area (Å²) in [6, 6.07) is 35.2. The summed E-state index contributed by atoms with van der Waals surface area (Å²) in [6.45, 7) is 7.82. The monoisotopic (exact) mass is 1560 g/mol. The van der Waals surface area contributed by atoms with E-state index in [1.54, 1.807) is 60.7 Å². The summed E-state index contributed by atoms with van der Waals surface area (Å²) in [7, 11) is 0. The second-order valence-electron chi connectivity index (χ2n) is 31.1. The van der Waals surface area contributed by atoms with Crippen molar-refractivity contribution < 1.29 is 86.0 Å². The van der Waals surface area contributed by atoms with Crippen LogP contribution in [0.5, 0.6) is 34.5 Å². The van der Waals surface area contributed by atoms with Gasteiger partial charge in [0.2, 0.25) is 0 Å². The lowest BCUT2D eigenvalue weighted by molar-refractivity contribution is -0.150. The minimum Gasteiger partial charge on any atom is -0.494 e. The second-order valence-corrected chi connectivity index (χ2v) is 31.1. The third-order valence-electron chi connectivity index (χ3n) is 21.9. The van der Waals surface area contributed by atoms with Crippen molar-refractivity contribution in [2.45, 2.75) is 308 Å². The third kappa shape index (κ3) is 39.5. The quantitative estimate of drug-likeness (QED) is 0.0165. The zero-order valence-electron chi connectivity index (χ0n) is 68.4. The van der Waals surface area contributed by atoms with Gasteiger partial charge in [-0.1, -0.05) is 192 Å². The number of esters is 6. The van der Waals surface area contributed by atoms with Crippen molar-refractivity contribution in [2.75, 3.05) is 52.9 Å². The number of carbonyl (C=O) groups is 7. The summed E-state index contributed by atoms with van der Waals surface area (Å²) in [5, 5.41) is 9.89. The topological polar surface area (TPSA) is 232 Å². The molecule has 2 aliphatic rings. The average Bonchev–Trinajstić information content (AvgIpc) is 0.844. The predicted octanol–water partition coefficient (Wildman–Crippen LogP) is 23.5. The molecular formula is C95H134O18. The number of benzene rings is 5. The minimum absolute atomic E-state index is 0.00135. The summed E-state index contributed by atoms with van der Waals surface area (Å²) in [4.78, 5) is 86.8. The highest BCUT2D eigenvalue weighted by atomic mass is 16.6. The van der Waals surface area contributed by atoms with Gasteiger partial charge in [0.15, 0.2) is 0 Å². The SMILES string of the molecule is CCCCCC1CCC(c2ccc(OC(=O)c3ccc(OCCCCCCCCOC(=O)CCC(=O)OCCCCCCCCOc4ccc(OCCCCCCCCOC(=O)CCC(=O)OCCCCCCCCOc5ccc(C(=O)Oc6ccc(C7CCC(CCCCC)CC7)cc6)cc5)c(C(=O)O)c4)cc3)cc2)CC1. The molecule has 18 heteroatoms. The summed E-state index contributed by atoms with van der Waals surface area (Å²) in [5.74, 6) is 2.81. The van der Waals surface area contributed by atoms with E-state index in [1.165, 1.54) is 120 Å². The van der Waals surface area contributed by atoms with E-state index in [-0.39, 0.29) is 43.2 Å². The Kier molecular flexibility index (Phi) is 46.1. The van der Waals surface area contributed by atoms with Crippen LogP contribution >= 0.6 is 0 Å². The van der Waals surface area contributed by atoms with Crippen molar-refractivity contribution in [3.8, 4) is 34.5 Å². The van der Waals surface area contributed by atoms with Crippen LogP contribution in [0.4, 0.5) is 0 Å². The number of carboxylic acid groups (broad SMARTS) is 1. The molecular weight excluding hydrogens is 1430 g/mol. The molecule has 0 aromatic heterocycles. The van der Waals surface area contributed by atoms with Gasteiger partial charge in [0.1, 0.15) is 40.1 Å². The molecule has 5 aromatic carbocycles. The maximum Gasteiger partial charge on any atom is 0.343 e. The zero-order chi connectivity index (χ0) is 80.0. The first-order chi connectivity index (χ1) is 55.3. The van der Waals surface area contributed by atoms with Crippen LogP contribution in [0.2, 0.25) is 0 Å². The molecule has 18 nitrogen and oxygen atoms in total. The van der Waals surface area contributed by atoms with Crippen molar-refractivity contribution in [2.24, 2.45) is 11.8 Å². The van der Waals surface area contributed by atoms with Crippen LogP contribution in [0.15, 0.2) is 115 Å². The van der Waals surface area contributed by atoms with Crippen LogP contribution in [-0.4, -0.2) is 99.7 Å². The molecule has 0 spiro atoms. The van der Waals surface area contributed by atoms with E-state index in [0.717, 1.165) is 166 Å². The lowest BCUT2D eigenvalue weighted by Gasteiger charge is -2.29. The molecule has 0 amide bonds. The Morgan fingerprint density at radius 1 is 0.301 bits per heavy atom. The maximum absolute atomic E-state index is 12.9. The van der Waals surface area contributed by atoms with Gasteiger partial charge in [0, 0.05) is 0 Å². The highest BCUT2D eigenvalue weighted by Crippen LogP contribution is 2.40. The van der Waals surface area contributed by atoms with E-state index in [9.17, 15) is 38.7 Å². The Balaban J connectivity index is 0.568. The molecule has 0 heterocycles. The van der Waals surface area contributed by atoms with Crippen LogP contribution in [0, 0.1) is 11.8 Å². The smallest absolute Gasteiger partial charge is 0.343 e. The Labute approximate surface area is 674 Å². The fourth-order valence-electron chi connectivity index (χ4n) is 15.0. The van der Waals surface area contributed by atoms with Crippen molar-refractivity contribution in [1.82, 2.24) is 0 Å². The van der Waals surface area contributed by atoms with Crippen LogP contribution in [0.1, 0.15) is 350 Å². The fourth-order valence-corrected chi connectivity index (χ4v) is 15.0. The summed E-state index contributed by atoms with van der Waals surface area (Å²) < 4.78 is 56.3. The van der Waals surface area contributed by atoms with Crippen LogP contribution in [0.3, 0.4) is 0 Å². The van der Waals surface area contributed by atoms with Gasteiger partial charge in [-0.2, -0.15) is 0 Å². The van der Waals surface area contributed by atoms with Gasteiger partial charge < -0.3 is 52.5 Å². The van der Waals surface area contributed by atoms with E-state index in [0.29, 0.717) is 110 Å². The molecule has 7 rings (SSSR count). The lowest BCUT2D eigenvalue weighted by atomic mass is 9.77. The van der Waals surface area contributed by atoms with Gasteiger partial charge >= 0.3 is 41.8 Å². The second kappa shape index (κ2) is 56.8. The number of rotatable bonds is 61. The normalized spacial score (nSPS) is 15.3. The molecule has 0 saturated heterocycles. The summed E-state index contributed by atoms with van der Waals surface area (Å²) >= 11 is 0. The zero-order valence-corrected chi connectivity index (χ0v) is 68.4. The van der Waals surface area contributed by atoms with Gasteiger partial charge in [-0.15, -0.1) is 0 Å². The number of carbonyl (C=O) groups excluding carboxylic acids is 6. The van der Waals surface area contributed by atoms with E-state index in [4.69, 9.17) is 47.4 Å². The van der Waals surface area contributed by atoms with Gasteiger partial charge in [0.25, 0.3) is 0 Å². The molecule has 0 aliphatic heterocycles. The molecule has 622 valence electrons. The Morgan fingerprint density at radius 3 is 0.903 bits per heavy atom. The Morgan fingerprint density at radius 2 is 0.584 bits per heavy atom. The average molecular weight is 1560 g/mol. The van der Waals surface area contributed by atoms with Gasteiger partial charge in [-0.05, 0) is 229 Å². The van der Waals surface area contributed by atoms with Crippen molar-refractivity contribution in [3.05, 3.63) is 143 Å². The van der Waals surface area contributed by atoms with E-state index in [2.05, 4.69) is 38.1 Å². The Hall–Kier alpha value is -8.41. The lowest BCUT2D eigenvalue weighted by Crippen LogP contribution is -2.13. The van der Waals surface area contributed by atoms with E-state index < -0.39 is 29.8 Å². The highest BCUT2D eigenvalue weighted by Gasteiger charge is 2.25.